The van der Waals surface area contributed by atoms with E-state index in [4.69, 9.17) is 42.1 Å². The van der Waals surface area contributed by atoms with Gasteiger partial charge in [0.05, 0.1) is 32.1 Å². The van der Waals surface area contributed by atoms with Gasteiger partial charge in [-0.3, -0.25) is 4.79 Å². The van der Waals surface area contributed by atoms with Crippen LogP contribution in [0.5, 0.6) is 23.0 Å². The maximum atomic E-state index is 12.5. The van der Waals surface area contributed by atoms with Crippen molar-refractivity contribution in [2.24, 2.45) is 5.10 Å². The number of nitrogens with one attached hydrogen (secondary N) is 1. The van der Waals surface area contributed by atoms with Crippen molar-refractivity contribution in [1.82, 2.24) is 5.43 Å². The number of hydrogen-bond donors (Lipinski definition) is 1. The SMILES string of the molecule is CCOc1cc(C(=O)N/N=C/c2cc(Cl)c(OCc3ccc(Cl)cc3)c(OC)c2)ccc1OC. The molecule has 0 atom stereocenters. The van der Waals surface area contributed by atoms with Crippen LogP contribution in [0.15, 0.2) is 59.7 Å². The Bertz CT molecular complexity index is 1170. The molecule has 0 heterocycles. The number of carbonyl (C=O) groups excluding carboxylic acids is 1. The fraction of sp³-hybridized carbons (Fsp3) is 0.200. The molecule has 1 amide bonds. The Morgan fingerprint density at radius 2 is 1.68 bits per heavy atom. The number of amides is 1. The molecule has 0 aliphatic heterocycles. The fourth-order valence-corrected chi connectivity index (χ4v) is 3.41. The van der Waals surface area contributed by atoms with Gasteiger partial charge in [-0.05, 0) is 60.5 Å². The van der Waals surface area contributed by atoms with E-state index in [0.717, 1.165) is 5.56 Å². The van der Waals surface area contributed by atoms with Gasteiger partial charge in [-0.15, -0.1) is 0 Å². The van der Waals surface area contributed by atoms with E-state index in [1.807, 2.05) is 19.1 Å². The highest BCUT2D eigenvalue weighted by Crippen LogP contribution is 2.36. The molecule has 0 unspecified atom stereocenters. The minimum atomic E-state index is -0.402. The molecule has 0 spiro atoms. The van der Waals surface area contributed by atoms with Crippen molar-refractivity contribution in [2.45, 2.75) is 13.5 Å². The van der Waals surface area contributed by atoms with Gasteiger partial charge in [-0.25, -0.2) is 5.43 Å². The van der Waals surface area contributed by atoms with Crippen molar-refractivity contribution < 1.29 is 23.7 Å². The Labute approximate surface area is 208 Å². The molecule has 0 aliphatic carbocycles. The molecule has 3 aromatic rings. The van der Waals surface area contributed by atoms with Crippen LogP contribution >= 0.6 is 23.2 Å². The van der Waals surface area contributed by atoms with E-state index in [2.05, 4.69) is 10.5 Å². The van der Waals surface area contributed by atoms with Crippen LogP contribution in [0.3, 0.4) is 0 Å². The molecule has 34 heavy (non-hydrogen) atoms. The van der Waals surface area contributed by atoms with E-state index < -0.39 is 5.91 Å². The van der Waals surface area contributed by atoms with Crippen LogP contribution in [0.25, 0.3) is 0 Å². The van der Waals surface area contributed by atoms with Crippen molar-refractivity contribution >= 4 is 35.3 Å². The average Bonchev–Trinajstić information content (AvgIpc) is 2.84. The normalized spacial score (nSPS) is 10.7. The number of rotatable bonds is 10. The molecule has 0 aliphatic rings. The van der Waals surface area contributed by atoms with E-state index in [1.54, 1.807) is 42.5 Å². The minimum Gasteiger partial charge on any atom is -0.493 e. The molecule has 0 aromatic heterocycles. The van der Waals surface area contributed by atoms with E-state index in [0.29, 0.717) is 57.4 Å². The molecule has 0 bridgehead atoms. The topological polar surface area (TPSA) is 78.4 Å². The lowest BCUT2D eigenvalue weighted by Crippen LogP contribution is -2.17. The summed E-state index contributed by atoms with van der Waals surface area (Å²) in [5.41, 5.74) is 4.41. The molecule has 0 saturated carbocycles. The summed E-state index contributed by atoms with van der Waals surface area (Å²) in [7, 11) is 3.05. The Kier molecular flexibility index (Phi) is 9.01. The summed E-state index contributed by atoms with van der Waals surface area (Å²) >= 11 is 12.3. The van der Waals surface area contributed by atoms with E-state index >= 15 is 0 Å². The van der Waals surface area contributed by atoms with Crippen molar-refractivity contribution in [3.05, 3.63) is 81.3 Å². The second kappa shape index (κ2) is 12.2. The first kappa shape index (κ1) is 25.2. The van der Waals surface area contributed by atoms with Gasteiger partial charge in [0.2, 0.25) is 0 Å². The van der Waals surface area contributed by atoms with Crippen LogP contribution in [0.2, 0.25) is 10.0 Å². The lowest BCUT2D eigenvalue weighted by atomic mass is 10.2. The lowest BCUT2D eigenvalue weighted by molar-refractivity contribution is 0.0954. The largest absolute Gasteiger partial charge is 0.493 e. The zero-order valence-electron chi connectivity index (χ0n) is 18.9. The molecule has 0 saturated heterocycles. The third kappa shape index (κ3) is 6.56. The summed E-state index contributed by atoms with van der Waals surface area (Å²) in [4.78, 5) is 12.5. The smallest absolute Gasteiger partial charge is 0.271 e. The average molecular weight is 503 g/mol. The second-order valence-corrected chi connectivity index (χ2v) is 7.79. The summed E-state index contributed by atoms with van der Waals surface area (Å²) in [5, 5.41) is 5.01. The Morgan fingerprint density at radius 3 is 2.35 bits per heavy atom. The predicted octanol–water partition coefficient (Wildman–Crippen LogP) is 5.75. The minimum absolute atomic E-state index is 0.294. The number of ether oxygens (including phenoxy) is 4. The third-order valence-electron chi connectivity index (χ3n) is 4.65. The molecule has 9 heteroatoms. The zero-order valence-corrected chi connectivity index (χ0v) is 20.4. The summed E-state index contributed by atoms with van der Waals surface area (Å²) in [6.45, 7) is 2.59. The standard InChI is InChI=1S/C25H24Cl2N2O5/c1-4-33-22-13-18(7-10-21(22)31-2)25(30)29-28-14-17-11-20(27)24(23(12-17)32-3)34-15-16-5-8-19(26)9-6-16/h5-14H,4,15H2,1-3H3,(H,29,30)/b28-14+. The first-order valence-electron chi connectivity index (χ1n) is 10.3. The molecule has 178 valence electrons. The van der Waals surface area contributed by atoms with E-state index in [-0.39, 0.29) is 0 Å². The van der Waals surface area contributed by atoms with Gasteiger partial charge in [-0.1, -0.05) is 35.3 Å². The fourth-order valence-electron chi connectivity index (χ4n) is 3.01. The molecule has 7 nitrogen and oxygen atoms in total. The number of methoxy groups -OCH3 is 2. The van der Waals surface area contributed by atoms with Crippen LogP contribution in [0, 0.1) is 0 Å². The predicted molar refractivity (Wildman–Crippen MR) is 133 cm³/mol. The monoisotopic (exact) mass is 502 g/mol. The van der Waals surface area contributed by atoms with E-state index in [1.165, 1.54) is 20.4 Å². The molecule has 0 fully saturated rings. The highest BCUT2D eigenvalue weighted by molar-refractivity contribution is 6.32. The number of hydrazone groups is 1. The third-order valence-corrected chi connectivity index (χ3v) is 5.19. The van der Waals surface area contributed by atoms with Crippen LogP contribution < -0.4 is 24.4 Å². The van der Waals surface area contributed by atoms with Gasteiger partial charge in [-0.2, -0.15) is 5.10 Å². The van der Waals surface area contributed by atoms with Crippen LogP contribution in [0.4, 0.5) is 0 Å². The Morgan fingerprint density at radius 1 is 0.941 bits per heavy atom. The number of benzene rings is 3. The first-order valence-corrected chi connectivity index (χ1v) is 11.1. The van der Waals surface area contributed by atoms with Crippen molar-refractivity contribution in [3.8, 4) is 23.0 Å². The molecule has 0 radical (unpaired) electrons. The van der Waals surface area contributed by atoms with Crippen LogP contribution in [-0.2, 0) is 6.61 Å². The van der Waals surface area contributed by atoms with Gasteiger partial charge < -0.3 is 18.9 Å². The second-order valence-electron chi connectivity index (χ2n) is 6.95. The van der Waals surface area contributed by atoms with Crippen molar-refractivity contribution in [3.63, 3.8) is 0 Å². The highest BCUT2D eigenvalue weighted by atomic mass is 35.5. The van der Waals surface area contributed by atoms with Crippen molar-refractivity contribution in [2.75, 3.05) is 20.8 Å². The van der Waals surface area contributed by atoms with Gasteiger partial charge in [0.25, 0.3) is 5.91 Å². The molecular weight excluding hydrogens is 479 g/mol. The number of halogens is 2. The van der Waals surface area contributed by atoms with Gasteiger partial charge in [0.1, 0.15) is 6.61 Å². The van der Waals surface area contributed by atoms with Gasteiger partial charge in [0, 0.05) is 10.6 Å². The molecule has 3 aromatic carbocycles. The number of hydrogen-bond acceptors (Lipinski definition) is 6. The molecule has 1 N–H and O–H groups in total. The quantitative estimate of drug-likeness (QED) is 0.282. The highest BCUT2D eigenvalue weighted by Gasteiger charge is 2.13. The van der Waals surface area contributed by atoms with Crippen molar-refractivity contribution in [1.29, 1.82) is 0 Å². The van der Waals surface area contributed by atoms with Gasteiger partial charge in [0.15, 0.2) is 23.0 Å². The lowest BCUT2D eigenvalue weighted by Gasteiger charge is -2.13. The van der Waals surface area contributed by atoms with Crippen LogP contribution in [0.1, 0.15) is 28.4 Å². The number of carbonyl (C=O) groups is 1. The molecule has 3 rings (SSSR count). The molecular formula is C25H24Cl2N2O5. The summed E-state index contributed by atoms with van der Waals surface area (Å²) in [6, 6.07) is 15.6. The Hall–Kier alpha value is -3.42. The number of nitrogens with zero attached hydrogens (tertiary/aromatic N) is 1. The van der Waals surface area contributed by atoms with Gasteiger partial charge >= 0.3 is 0 Å². The summed E-state index contributed by atoms with van der Waals surface area (Å²) in [6.07, 6.45) is 1.46. The zero-order chi connectivity index (χ0) is 24.5. The Balaban J connectivity index is 1.68. The maximum absolute atomic E-state index is 12.5. The summed E-state index contributed by atoms with van der Waals surface area (Å²) in [5.74, 6) is 1.46. The maximum Gasteiger partial charge on any atom is 0.271 e. The van der Waals surface area contributed by atoms with Crippen LogP contribution in [-0.4, -0.2) is 32.9 Å². The first-order chi connectivity index (χ1) is 16.4. The van der Waals surface area contributed by atoms with E-state index in [9.17, 15) is 4.79 Å². The summed E-state index contributed by atoms with van der Waals surface area (Å²) < 4.78 is 22.0.